The van der Waals surface area contributed by atoms with Crippen LogP contribution in [0.25, 0.3) is 0 Å². The number of esters is 4. The Hall–Kier alpha value is -3.50. The van der Waals surface area contributed by atoms with Crippen LogP contribution < -0.4 is 0 Å². The lowest BCUT2D eigenvalue weighted by Gasteiger charge is -2.21. The number of phosphoric ester groups is 2. The quantitative estimate of drug-likeness (QED) is 0.0169. The van der Waals surface area contributed by atoms with Gasteiger partial charge < -0.3 is 33.8 Å². The number of ether oxygens (including phenoxy) is 4. The minimum Gasteiger partial charge on any atom is -0.462 e. The molecule has 0 aliphatic rings. The molecule has 0 aliphatic carbocycles. The van der Waals surface area contributed by atoms with Gasteiger partial charge >= 0.3 is 39.5 Å². The van der Waals surface area contributed by atoms with Crippen LogP contribution in [0.1, 0.15) is 387 Å². The fraction of sp³-hybridized carbons (Fsp3) is 0.812. The number of phosphoric acid groups is 2. The molecule has 0 amide bonds. The van der Waals surface area contributed by atoms with Crippen molar-refractivity contribution in [3.63, 3.8) is 0 Å². The minimum atomic E-state index is -4.99. The predicted molar refractivity (Wildman–Crippen MR) is 427 cm³/mol. The van der Waals surface area contributed by atoms with Gasteiger partial charge in [0.1, 0.15) is 19.3 Å². The molecule has 0 heterocycles. The molecular formula is C85H154O17P2. The van der Waals surface area contributed by atoms with Crippen molar-refractivity contribution in [3.05, 3.63) is 72.9 Å². The molecule has 0 saturated heterocycles. The first kappa shape index (κ1) is 100. The van der Waals surface area contributed by atoms with Crippen LogP contribution in [0.3, 0.4) is 0 Å². The van der Waals surface area contributed by atoms with Crippen LogP contribution in [0.5, 0.6) is 0 Å². The molecule has 5 atom stereocenters. The van der Waals surface area contributed by atoms with E-state index >= 15 is 0 Å². The summed E-state index contributed by atoms with van der Waals surface area (Å²) in [4.78, 5) is 73.1. The van der Waals surface area contributed by atoms with Crippen molar-refractivity contribution in [1.82, 2.24) is 0 Å². The lowest BCUT2D eigenvalue weighted by atomic mass is 10.0. The first-order valence-corrected chi connectivity index (χ1v) is 45.2. The van der Waals surface area contributed by atoms with E-state index in [1.165, 1.54) is 180 Å². The molecule has 0 rings (SSSR count). The number of carbonyl (C=O) groups excluding carboxylic acids is 4. The Bertz CT molecular complexity index is 2250. The molecule has 17 nitrogen and oxygen atoms in total. The third kappa shape index (κ3) is 76.7. The molecule has 0 aromatic carbocycles. The van der Waals surface area contributed by atoms with Crippen LogP contribution >= 0.6 is 15.6 Å². The van der Waals surface area contributed by atoms with E-state index in [0.29, 0.717) is 32.1 Å². The predicted octanol–water partition coefficient (Wildman–Crippen LogP) is 24.8. The Morgan fingerprint density at radius 1 is 0.269 bits per heavy atom. The summed E-state index contributed by atoms with van der Waals surface area (Å²) in [5, 5.41) is 10.7. The van der Waals surface area contributed by atoms with Crippen molar-refractivity contribution < 1.29 is 80.2 Å². The average molecular weight is 1510 g/mol. The molecular weight excluding hydrogens is 1350 g/mol. The largest absolute Gasteiger partial charge is 0.472 e. The summed E-state index contributed by atoms with van der Waals surface area (Å²) in [5.74, 6) is -2.23. The molecule has 0 aliphatic heterocycles. The van der Waals surface area contributed by atoms with Crippen LogP contribution in [-0.2, 0) is 65.4 Å². The first-order valence-electron chi connectivity index (χ1n) is 42.2. The van der Waals surface area contributed by atoms with Gasteiger partial charge in [0.05, 0.1) is 26.4 Å². The summed E-state index contributed by atoms with van der Waals surface area (Å²) < 4.78 is 68.7. The first-order chi connectivity index (χ1) is 50.7. The molecule has 0 aromatic rings. The van der Waals surface area contributed by atoms with Crippen molar-refractivity contribution in [2.24, 2.45) is 0 Å². The maximum Gasteiger partial charge on any atom is 0.472 e. The van der Waals surface area contributed by atoms with Gasteiger partial charge in [-0.25, -0.2) is 9.13 Å². The van der Waals surface area contributed by atoms with Gasteiger partial charge in [-0.15, -0.1) is 0 Å². The molecule has 3 N–H and O–H groups in total. The molecule has 2 unspecified atom stereocenters. The summed E-state index contributed by atoms with van der Waals surface area (Å²) in [6.45, 7) is 4.84. The van der Waals surface area contributed by atoms with E-state index in [1.54, 1.807) is 0 Å². The van der Waals surface area contributed by atoms with Gasteiger partial charge in [0.15, 0.2) is 12.2 Å². The molecule has 0 radical (unpaired) electrons. The molecule has 19 heteroatoms. The zero-order chi connectivity index (χ0) is 76.0. The van der Waals surface area contributed by atoms with E-state index < -0.39 is 97.5 Å². The zero-order valence-corrected chi connectivity index (χ0v) is 68.2. The summed E-state index contributed by atoms with van der Waals surface area (Å²) in [5.41, 5.74) is 0. The Kier molecular flexibility index (Phi) is 75.0. The molecule has 0 spiro atoms. The second-order valence-electron chi connectivity index (χ2n) is 28.4. The molecule has 0 bridgehead atoms. The number of aliphatic hydroxyl groups is 1. The number of carbonyl (C=O) groups is 4. The molecule has 0 aromatic heterocycles. The highest BCUT2D eigenvalue weighted by Crippen LogP contribution is 2.45. The van der Waals surface area contributed by atoms with Crippen LogP contribution in [0, 0.1) is 0 Å². The minimum absolute atomic E-state index is 0.0202. The van der Waals surface area contributed by atoms with E-state index in [-0.39, 0.29) is 25.7 Å². The normalized spacial score (nSPS) is 14.2. The van der Waals surface area contributed by atoms with E-state index in [2.05, 4.69) is 88.5 Å². The topological polar surface area (TPSA) is 237 Å². The second kappa shape index (κ2) is 77.7. The number of hydrogen-bond acceptors (Lipinski definition) is 15. The standard InChI is InChI=1S/C85H154O17P2/c1-5-9-13-17-21-25-29-33-37-39-43-46-50-54-58-62-66-70-83(88)96-76-80(101-84(89)71-67-63-59-55-51-47-42-36-32-28-24-20-16-12-8-4)77-99-103(91,92)97-73-79(86)74-98-104(93,94)100-78-81(75-95-82(87)69-65-61-57-53-49-45-41-35-31-27-23-19-15-11-7-3)102-85(90)72-68-64-60-56-52-48-44-40-38-34-30-26-22-18-14-10-6-2/h22,26,34-36,38,41-42,44,48,56,60,79-81,86H,5-21,23-25,27-33,37,39-40,43,45-47,49-55,57-59,61-78H2,1-4H3,(H,91,92)(H,93,94)/b26-22-,38-34-,41-35-,42-36-,48-44-,60-56-/t79-,80+,81+/m0/s1. The highest BCUT2D eigenvalue weighted by molar-refractivity contribution is 7.47. The zero-order valence-electron chi connectivity index (χ0n) is 66.5. The van der Waals surface area contributed by atoms with Crippen molar-refractivity contribution in [3.8, 4) is 0 Å². The van der Waals surface area contributed by atoms with Gasteiger partial charge in [0.2, 0.25) is 0 Å². The van der Waals surface area contributed by atoms with Crippen molar-refractivity contribution in [1.29, 1.82) is 0 Å². The van der Waals surface area contributed by atoms with Crippen LogP contribution in [0.15, 0.2) is 72.9 Å². The summed E-state index contributed by atoms with van der Waals surface area (Å²) in [7, 11) is -9.97. The van der Waals surface area contributed by atoms with Crippen molar-refractivity contribution in [2.75, 3.05) is 39.6 Å². The number of hydrogen-bond donors (Lipinski definition) is 3. The number of rotatable bonds is 80. The van der Waals surface area contributed by atoms with Crippen molar-refractivity contribution >= 4 is 39.5 Å². The monoisotopic (exact) mass is 1510 g/mol. The van der Waals surface area contributed by atoms with Gasteiger partial charge in [0.25, 0.3) is 0 Å². The van der Waals surface area contributed by atoms with E-state index in [1.807, 2.05) is 12.2 Å². The van der Waals surface area contributed by atoms with E-state index in [4.69, 9.17) is 37.0 Å². The van der Waals surface area contributed by atoms with E-state index in [9.17, 15) is 43.2 Å². The Morgan fingerprint density at radius 2 is 0.481 bits per heavy atom. The second-order valence-corrected chi connectivity index (χ2v) is 31.3. The van der Waals surface area contributed by atoms with Crippen molar-refractivity contribution in [2.45, 2.75) is 406 Å². The Morgan fingerprint density at radius 3 is 0.788 bits per heavy atom. The van der Waals surface area contributed by atoms with Crippen LogP contribution in [0.4, 0.5) is 0 Å². The maximum atomic E-state index is 13.1. The highest BCUT2D eigenvalue weighted by atomic mass is 31.2. The van der Waals surface area contributed by atoms with Gasteiger partial charge in [-0.05, 0) is 116 Å². The van der Waals surface area contributed by atoms with Gasteiger partial charge in [-0.1, -0.05) is 319 Å². The molecule has 104 heavy (non-hydrogen) atoms. The van der Waals surface area contributed by atoms with E-state index in [0.717, 1.165) is 122 Å². The van der Waals surface area contributed by atoms with Crippen LogP contribution in [0.2, 0.25) is 0 Å². The average Bonchev–Trinajstić information content (AvgIpc) is 1.07. The number of unbranched alkanes of at least 4 members (excludes halogenated alkanes) is 42. The third-order valence-electron chi connectivity index (χ3n) is 18.1. The number of allylic oxidation sites excluding steroid dienone is 12. The maximum absolute atomic E-state index is 13.1. The summed E-state index contributed by atoms with van der Waals surface area (Å²) in [6.07, 6.45) is 80.2. The van der Waals surface area contributed by atoms with Gasteiger partial charge in [-0.2, -0.15) is 0 Å². The SMILES string of the molecule is CCCCC/C=C\C/C=C\C/C=C\C/C=C\CCCC(=O)O[C@H](COC(=O)CCCCCCC/C=C\CCCCCCCC)COP(=O)(O)OC[C@@H](O)COP(=O)(O)OC[C@@H](COC(=O)CCCCCCCCCCCCCCCCCCC)OC(=O)CCCCCCC/C=C\CCCCCCCC. The van der Waals surface area contributed by atoms with Gasteiger partial charge in [-0.3, -0.25) is 37.3 Å². The Balaban J connectivity index is 5.39. The number of aliphatic hydroxyl groups excluding tert-OH is 1. The Labute approximate surface area is 634 Å². The fourth-order valence-electron chi connectivity index (χ4n) is 11.7. The third-order valence-corrected chi connectivity index (χ3v) is 20.0. The lowest BCUT2D eigenvalue weighted by Crippen LogP contribution is -2.30. The summed E-state index contributed by atoms with van der Waals surface area (Å²) >= 11 is 0. The highest BCUT2D eigenvalue weighted by Gasteiger charge is 2.30. The summed E-state index contributed by atoms with van der Waals surface area (Å²) in [6, 6.07) is 0. The molecule has 606 valence electrons. The lowest BCUT2D eigenvalue weighted by molar-refractivity contribution is -0.161. The van der Waals surface area contributed by atoms with Gasteiger partial charge in [0, 0.05) is 25.7 Å². The van der Waals surface area contributed by atoms with Crippen LogP contribution in [-0.4, -0.2) is 96.7 Å². The smallest absolute Gasteiger partial charge is 0.462 e. The molecule has 0 fully saturated rings. The molecule has 0 saturated carbocycles. The fourth-order valence-corrected chi connectivity index (χ4v) is 13.3.